The molecule has 1 amide bonds. The third kappa shape index (κ3) is 6.19. The normalized spacial score (nSPS) is 12.9. The van der Waals surface area contributed by atoms with E-state index in [2.05, 4.69) is 0 Å². The first kappa shape index (κ1) is 30.8. The minimum absolute atomic E-state index is 0.00753. The Labute approximate surface area is 238 Å². The molecule has 0 bridgehead atoms. The van der Waals surface area contributed by atoms with Crippen LogP contribution >= 0.6 is 0 Å². The Morgan fingerprint density at radius 1 is 0.881 bits per heavy atom. The minimum atomic E-state index is -5.11. The highest BCUT2D eigenvalue weighted by atomic mass is 19.4. The predicted octanol–water partition coefficient (Wildman–Crippen LogP) is 7.99. The molecule has 1 aromatic heterocycles. The van der Waals surface area contributed by atoms with Gasteiger partial charge >= 0.3 is 12.4 Å². The van der Waals surface area contributed by atoms with Crippen molar-refractivity contribution in [1.82, 2.24) is 14.5 Å². The summed E-state index contributed by atoms with van der Waals surface area (Å²) in [6, 6.07) is 13.7. The second-order valence-electron chi connectivity index (χ2n) is 9.86. The van der Waals surface area contributed by atoms with E-state index >= 15 is 0 Å². The van der Waals surface area contributed by atoms with E-state index in [1.807, 2.05) is 19.1 Å². The van der Waals surface area contributed by atoms with Crippen molar-refractivity contribution in [2.24, 2.45) is 0 Å². The maximum absolute atomic E-state index is 13.8. The average Bonchev–Trinajstić information content (AvgIpc) is 2.96. The van der Waals surface area contributed by atoms with E-state index in [1.165, 1.54) is 9.47 Å². The Morgan fingerprint density at radius 3 is 2.00 bits per heavy atom. The number of nitrogens with zero attached hydrogens (tertiary/aromatic N) is 3. The molecule has 0 N–H and O–H groups in total. The van der Waals surface area contributed by atoms with Crippen LogP contribution < -0.4 is 5.56 Å². The van der Waals surface area contributed by atoms with E-state index in [4.69, 9.17) is 4.98 Å². The lowest BCUT2D eigenvalue weighted by Gasteiger charge is -2.32. The number of benzene rings is 3. The van der Waals surface area contributed by atoms with Crippen LogP contribution in [0.4, 0.5) is 26.3 Å². The number of amides is 1. The number of alkyl halides is 6. The zero-order chi connectivity index (χ0) is 30.8. The molecule has 1 heterocycles. The fourth-order valence-corrected chi connectivity index (χ4v) is 4.93. The third-order valence-corrected chi connectivity index (χ3v) is 7.03. The number of fused-ring (bicyclic) bond motifs is 1. The smallest absolute Gasteiger partial charge is 0.328 e. The lowest BCUT2D eigenvalue weighted by Crippen LogP contribution is -2.39. The Morgan fingerprint density at radius 2 is 1.48 bits per heavy atom. The van der Waals surface area contributed by atoms with Crippen molar-refractivity contribution in [3.63, 3.8) is 0 Å². The van der Waals surface area contributed by atoms with Crippen molar-refractivity contribution in [2.75, 3.05) is 6.54 Å². The van der Waals surface area contributed by atoms with E-state index in [0.29, 0.717) is 35.1 Å². The minimum Gasteiger partial charge on any atom is -0.328 e. The number of carbonyl (C=O) groups excluding carboxylic acids is 1. The van der Waals surface area contributed by atoms with Crippen LogP contribution in [0.15, 0.2) is 71.5 Å². The van der Waals surface area contributed by atoms with Crippen molar-refractivity contribution in [2.45, 2.75) is 58.4 Å². The van der Waals surface area contributed by atoms with Crippen molar-refractivity contribution in [3.05, 3.63) is 105 Å². The summed E-state index contributed by atoms with van der Waals surface area (Å²) in [5.41, 5.74) is -2.51. The second-order valence-corrected chi connectivity index (χ2v) is 9.86. The highest BCUT2D eigenvalue weighted by Gasteiger charge is 2.39. The molecule has 0 saturated carbocycles. The summed E-state index contributed by atoms with van der Waals surface area (Å²) in [7, 11) is 0. The van der Waals surface area contributed by atoms with Crippen LogP contribution in [-0.4, -0.2) is 26.9 Å². The summed E-state index contributed by atoms with van der Waals surface area (Å²) >= 11 is 0. The van der Waals surface area contributed by atoms with Gasteiger partial charge in [-0.3, -0.25) is 14.2 Å². The molecule has 11 heteroatoms. The van der Waals surface area contributed by atoms with Gasteiger partial charge in [0.25, 0.3) is 11.5 Å². The molecule has 3 aromatic carbocycles. The van der Waals surface area contributed by atoms with Crippen molar-refractivity contribution in [1.29, 1.82) is 0 Å². The van der Waals surface area contributed by atoms with E-state index < -0.39 is 46.6 Å². The SMILES string of the molecule is CCCN(C(=O)c1cc(C(F)(F)F)cc(C(F)(F)F)c1)C(CC)c1nc2ccccc2c(=O)n1-c1ccc(CC)cc1. The summed E-state index contributed by atoms with van der Waals surface area (Å²) < 4.78 is 82.9. The average molecular weight is 590 g/mol. The molecule has 222 valence electrons. The van der Waals surface area contributed by atoms with Gasteiger partial charge in [-0.1, -0.05) is 45.0 Å². The van der Waals surface area contributed by atoms with E-state index in [9.17, 15) is 35.9 Å². The fourth-order valence-electron chi connectivity index (χ4n) is 4.93. The Hall–Kier alpha value is -4.15. The Balaban J connectivity index is 1.95. The molecule has 4 aromatic rings. The van der Waals surface area contributed by atoms with Crippen molar-refractivity contribution >= 4 is 16.8 Å². The number of halogens is 6. The number of aryl methyl sites for hydroxylation is 1. The molecule has 0 radical (unpaired) electrons. The van der Waals surface area contributed by atoms with Gasteiger partial charge in [0.05, 0.1) is 33.8 Å². The number of para-hydroxylation sites is 1. The lowest BCUT2D eigenvalue weighted by molar-refractivity contribution is -0.143. The topological polar surface area (TPSA) is 55.2 Å². The van der Waals surface area contributed by atoms with E-state index in [1.54, 1.807) is 50.2 Å². The molecule has 0 spiro atoms. The van der Waals surface area contributed by atoms with E-state index in [-0.39, 0.29) is 24.9 Å². The van der Waals surface area contributed by atoms with Gasteiger partial charge in [-0.25, -0.2) is 4.98 Å². The van der Waals surface area contributed by atoms with E-state index in [0.717, 1.165) is 12.0 Å². The van der Waals surface area contributed by atoms with Crippen LogP contribution in [0.25, 0.3) is 16.6 Å². The monoisotopic (exact) mass is 589 g/mol. The van der Waals surface area contributed by atoms with Crippen molar-refractivity contribution < 1.29 is 31.1 Å². The van der Waals surface area contributed by atoms with Crippen LogP contribution in [-0.2, 0) is 18.8 Å². The van der Waals surface area contributed by atoms with Gasteiger partial charge in [0.1, 0.15) is 5.82 Å². The van der Waals surface area contributed by atoms with Crippen LogP contribution in [0.1, 0.15) is 72.5 Å². The molecule has 0 aliphatic carbocycles. The standard InChI is InChI=1S/C31H29F6N3O2/c1-4-15-39(28(41)20-16-21(30(32,33)34)18-22(17-20)31(35,36)37)26(6-3)27-38-25-10-8-7-9-24(25)29(42)40(27)23-13-11-19(5-2)12-14-23/h7-14,16-18,26H,4-6,15H2,1-3H3. The summed E-state index contributed by atoms with van der Waals surface area (Å²) in [6.45, 7) is 5.40. The predicted molar refractivity (Wildman–Crippen MR) is 148 cm³/mol. The largest absolute Gasteiger partial charge is 0.416 e. The lowest BCUT2D eigenvalue weighted by atomic mass is 10.0. The quantitative estimate of drug-likeness (QED) is 0.196. The number of hydrogen-bond acceptors (Lipinski definition) is 3. The number of carbonyl (C=O) groups is 1. The zero-order valence-corrected chi connectivity index (χ0v) is 23.2. The number of aromatic nitrogens is 2. The molecular weight excluding hydrogens is 560 g/mol. The van der Waals surface area contributed by atoms with Crippen LogP contribution in [0.3, 0.4) is 0 Å². The third-order valence-electron chi connectivity index (χ3n) is 7.03. The number of hydrogen-bond donors (Lipinski definition) is 0. The summed E-state index contributed by atoms with van der Waals surface area (Å²) in [5.74, 6) is -0.883. The van der Waals surface area contributed by atoms with Gasteiger partial charge in [-0.15, -0.1) is 0 Å². The molecule has 0 aliphatic rings. The highest BCUT2D eigenvalue weighted by Crippen LogP contribution is 2.37. The van der Waals surface area contributed by atoms with Crippen molar-refractivity contribution in [3.8, 4) is 5.69 Å². The van der Waals surface area contributed by atoms with Gasteiger partial charge in [0, 0.05) is 12.1 Å². The van der Waals surface area contributed by atoms with Crippen LogP contribution in [0.2, 0.25) is 0 Å². The number of rotatable bonds is 8. The first-order valence-corrected chi connectivity index (χ1v) is 13.5. The molecule has 0 fully saturated rings. The Bertz CT molecular complexity index is 1610. The van der Waals surface area contributed by atoms with Gasteiger partial charge in [0.15, 0.2) is 0 Å². The van der Waals surface area contributed by atoms with Gasteiger partial charge in [0.2, 0.25) is 0 Å². The van der Waals surface area contributed by atoms with Gasteiger partial charge < -0.3 is 4.90 Å². The van der Waals surface area contributed by atoms with Crippen LogP contribution in [0, 0.1) is 0 Å². The molecule has 1 unspecified atom stereocenters. The maximum atomic E-state index is 13.8. The molecule has 5 nitrogen and oxygen atoms in total. The van der Waals surface area contributed by atoms with Crippen LogP contribution in [0.5, 0.6) is 0 Å². The zero-order valence-electron chi connectivity index (χ0n) is 23.2. The molecule has 1 atom stereocenters. The fraction of sp³-hybridized carbons (Fsp3) is 0.323. The van der Waals surface area contributed by atoms with Gasteiger partial charge in [-0.2, -0.15) is 26.3 Å². The summed E-state index contributed by atoms with van der Waals surface area (Å²) in [6.07, 6.45) is -8.95. The maximum Gasteiger partial charge on any atom is 0.416 e. The first-order chi connectivity index (χ1) is 19.8. The first-order valence-electron chi connectivity index (χ1n) is 13.5. The molecular formula is C31H29F6N3O2. The van der Waals surface area contributed by atoms with Gasteiger partial charge in [-0.05, 0) is 67.3 Å². The summed E-state index contributed by atoms with van der Waals surface area (Å²) in [5, 5.41) is 0.316. The second kappa shape index (κ2) is 12.0. The molecule has 4 rings (SSSR count). The molecule has 0 saturated heterocycles. The Kier molecular flexibility index (Phi) is 8.79. The summed E-state index contributed by atoms with van der Waals surface area (Å²) in [4.78, 5) is 33.6. The molecule has 42 heavy (non-hydrogen) atoms. The highest BCUT2D eigenvalue weighted by molar-refractivity contribution is 5.95. The molecule has 0 aliphatic heterocycles.